The SMILES string of the molecule is COc1cc(OC)nc(C2(O)CCCC2(F)C(N)=O)n1. The minimum absolute atomic E-state index is 0.0111. The van der Waals surface area contributed by atoms with E-state index in [0.717, 1.165) is 0 Å². The van der Waals surface area contributed by atoms with Crippen LogP contribution in [0.5, 0.6) is 11.8 Å². The van der Waals surface area contributed by atoms with Crippen LogP contribution in [0.4, 0.5) is 4.39 Å². The summed E-state index contributed by atoms with van der Waals surface area (Å²) in [5.41, 5.74) is 0.307. The van der Waals surface area contributed by atoms with Crippen molar-refractivity contribution < 1.29 is 23.8 Å². The van der Waals surface area contributed by atoms with E-state index in [0.29, 0.717) is 6.42 Å². The molecule has 1 aromatic rings. The van der Waals surface area contributed by atoms with E-state index in [4.69, 9.17) is 15.2 Å². The second-order valence-electron chi connectivity index (χ2n) is 4.66. The standard InChI is InChI=1S/C12H16FN3O4/c1-19-7-6-8(20-2)16-10(15-7)12(18)5-3-4-11(12,13)9(14)17/h6,18H,3-5H2,1-2H3,(H2,14,17). The topological polar surface area (TPSA) is 108 Å². The first-order chi connectivity index (χ1) is 9.37. The third-order valence-electron chi connectivity index (χ3n) is 3.57. The minimum Gasteiger partial charge on any atom is -0.481 e. The first-order valence-electron chi connectivity index (χ1n) is 6.06. The average molecular weight is 285 g/mol. The highest BCUT2D eigenvalue weighted by Gasteiger charge is 2.62. The smallest absolute Gasteiger partial charge is 0.258 e. The fourth-order valence-electron chi connectivity index (χ4n) is 2.41. The molecule has 2 atom stereocenters. The van der Waals surface area contributed by atoms with Crippen molar-refractivity contribution in [3.8, 4) is 11.8 Å². The van der Waals surface area contributed by atoms with Gasteiger partial charge in [0.1, 0.15) is 0 Å². The van der Waals surface area contributed by atoms with Gasteiger partial charge in [0.15, 0.2) is 11.4 Å². The third kappa shape index (κ3) is 1.96. The number of alkyl halides is 1. The number of carbonyl (C=O) groups is 1. The van der Waals surface area contributed by atoms with Crippen LogP contribution in [-0.2, 0) is 10.4 Å². The van der Waals surface area contributed by atoms with Crippen molar-refractivity contribution in [2.75, 3.05) is 14.2 Å². The number of rotatable bonds is 4. The lowest BCUT2D eigenvalue weighted by atomic mass is 9.86. The summed E-state index contributed by atoms with van der Waals surface area (Å²) in [6, 6.07) is 1.38. The Bertz CT molecular complexity index is 519. The van der Waals surface area contributed by atoms with E-state index < -0.39 is 17.2 Å². The van der Waals surface area contributed by atoms with Crippen molar-refractivity contribution in [2.45, 2.75) is 30.5 Å². The first-order valence-corrected chi connectivity index (χ1v) is 6.06. The Morgan fingerprint density at radius 2 is 1.90 bits per heavy atom. The number of aromatic nitrogens is 2. The van der Waals surface area contributed by atoms with Crippen LogP contribution in [0.1, 0.15) is 25.1 Å². The van der Waals surface area contributed by atoms with E-state index in [-0.39, 0.29) is 30.4 Å². The van der Waals surface area contributed by atoms with Gasteiger partial charge in [0, 0.05) is 0 Å². The summed E-state index contributed by atoms with van der Waals surface area (Å²) < 4.78 is 24.7. The maximum absolute atomic E-state index is 14.8. The zero-order chi connectivity index (χ0) is 15.0. The number of aliphatic hydroxyl groups is 1. The van der Waals surface area contributed by atoms with Crippen LogP contribution < -0.4 is 15.2 Å². The fourth-order valence-corrected chi connectivity index (χ4v) is 2.41. The maximum Gasteiger partial charge on any atom is 0.258 e. The molecule has 20 heavy (non-hydrogen) atoms. The van der Waals surface area contributed by atoms with E-state index in [1.807, 2.05) is 0 Å². The van der Waals surface area contributed by atoms with Gasteiger partial charge in [-0.2, -0.15) is 9.97 Å². The van der Waals surface area contributed by atoms with Gasteiger partial charge in [0.2, 0.25) is 17.4 Å². The quantitative estimate of drug-likeness (QED) is 0.810. The Morgan fingerprint density at radius 3 is 2.35 bits per heavy atom. The van der Waals surface area contributed by atoms with Crippen LogP contribution in [0, 0.1) is 0 Å². The van der Waals surface area contributed by atoms with E-state index in [2.05, 4.69) is 9.97 Å². The van der Waals surface area contributed by atoms with Crippen LogP contribution in [0.2, 0.25) is 0 Å². The van der Waals surface area contributed by atoms with Gasteiger partial charge >= 0.3 is 0 Å². The lowest BCUT2D eigenvalue weighted by Crippen LogP contribution is -2.53. The van der Waals surface area contributed by atoms with Gasteiger partial charge in [-0.05, 0) is 19.3 Å². The molecular weight excluding hydrogens is 269 g/mol. The summed E-state index contributed by atoms with van der Waals surface area (Å²) in [5, 5.41) is 10.6. The molecule has 0 aromatic carbocycles. The minimum atomic E-state index is -2.61. The van der Waals surface area contributed by atoms with E-state index in [9.17, 15) is 14.3 Å². The molecule has 2 unspecified atom stereocenters. The summed E-state index contributed by atoms with van der Waals surface area (Å²) in [6.45, 7) is 0. The van der Waals surface area contributed by atoms with Crippen molar-refractivity contribution in [1.29, 1.82) is 0 Å². The lowest BCUT2D eigenvalue weighted by Gasteiger charge is -2.32. The molecule has 0 bridgehead atoms. The molecule has 1 fully saturated rings. The number of ether oxygens (including phenoxy) is 2. The molecule has 0 saturated heterocycles. The van der Waals surface area contributed by atoms with Crippen molar-refractivity contribution >= 4 is 5.91 Å². The second kappa shape index (κ2) is 4.86. The van der Waals surface area contributed by atoms with Crippen molar-refractivity contribution in [3.63, 3.8) is 0 Å². The van der Waals surface area contributed by atoms with E-state index in [1.54, 1.807) is 0 Å². The predicted molar refractivity (Wildman–Crippen MR) is 65.9 cm³/mol. The number of halogens is 1. The molecule has 1 aliphatic rings. The number of hydrogen-bond donors (Lipinski definition) is 2. The Balaban J connectivity index is 2.56. The Labute approximate surface area is 114 Å². The highest BCUT2D eigenvalue weighted by Crippen LogP contribution is 2.48. The van der Waals surface area contributed by atoms with E-state index >= 15 is 0 Å². The largest absolute Gasteiger partial charge is 0.481 e. The molecule has 1 aromatic heterocycles. The summed E-state index contributed by atoms with van der Waals surface area (Å²) in [6.07, 6.45) is 0.101. The van der Waals surface area contributed by atoms with Gasteiger partial charge in [0.05, 0.1) is 20.3 Å². The number of primary amides is 1. The van der Waals surface area contributed by atoms with Gasteiger partial charge in [-0.1, -0.05) is 0 Å². The summed E-state index contributed by atoms with van der Waals surface area (Å²) >= 11 is 0. The number of nitrogens with zero attached hydrogens (tertiary/aromatic N) is 2. The van der Waals surface area contributed by atoms with Crippen molar-refractivity contribution in [2.24, 2.45) is 5.73 Å². The lowest BCUT2D eigenvalue weighted by molar-refractivity contribution is -0.150. The maximum atomic E-state index is 14.8. The van der Waals surface area contributed by atoms with Crippen molar-refractivity contribution in [1.82, 2.24) is 9.97 Å². The number of methoxy groups -OCH3 is 2. The van der Waals surface area contributed by atoms with Gasteiger partial charge in [0.25, 0.3) is 5.91 Å². The fraction of sp³-hybridized carbons (Fsp3) is 0.583. The van der Waals surface area contributed by atoms with Crippen molar-refractivity contribution in [3.05, 3.63) is 11.9 Å². The van der Waals surface area contributed by atoms with Crippen LogP contribution >= 0.6 is 0 Å². The molecule has 8 heteroatoms. The van der Waals surface area contributed by atoms with E-state index in [1.165, 1.54) is 20.3 Å². The summed E-state index contributed by atoms with van der Waals surface area (Å²) in [7, 11) is 2.72. The molecule has 1 heterocycles. The van der Waals surface area contributed by atoms with Gasteiger partial charge in [-0.15, -0.1) is 0 Å². The number of hydrogen-bond acceptors (Lipinski definition) is 6. The van der Waals surface area contributed by atoms with Gasteiger partial charge < -0.3 is 20.3 Å². The molecule has 1 amide bonds. The molecule has 7 nitrogen and oxygen atoms in total. The van der Waals surface area contributed by atoms with Crippen LogP contribution in [0.3, 0.4) is 0 Å². The van der Waals surface area contributed by atoms with Gasteiger partial charge in [-0.3, -0.25) is 4.79 Å². The third-order valence-corrected chi connectivity index (χ3v) is 3.57. The zero-order valence-corrected chi connectivity index (χ0v) is 11.2. The van der Waals surface area contributed by atoms with Crippen LogP contribution in [0.15, 0.2) is 6.07 Å². The molecule has 1 aliphatic carbocycles. The van der Waals surface area contributed by atoms with Gasteiger partial charge in [-0.25, -0.2) is 4.39 Å². The molecule has 2 rings (SSSR count). The number of carbonyl (C=O) groups excluding carboxylic acids is 1. The molecular formula is C12H16FN3O4. The Hall–Kier alpha value is -1.96. The highest BCUT2D eigenvalue weighted by molar-refractivity contribution is 5.85. The zero-order valence-electron chi connectivity index (χ0n) is 11.2. The average Bonchev–Trinajstić information content (AvgIpc) is 2.76. The normalized spacial score (nSPS) is 29.2. The second-order valence-corrected chi connectivity index (χ2v) is 4.66. The highest BCUT2D eigenvalue weighted by atomic mass is 19.1. The van der Waals surface area contributed by atoms with Crippen LogP contribution in [-0.4, -0.2) is 40.9 Å². The summed E-state index contributed by atoms with van der Waals surface area (Å²) in [4.78, 5) is 19.2. The molecule has 1 saturated carbocycles. The molecule has 0 radical (unpaired) electrons. The number of nitrogens with two attached hydrogens (primary N) is 1. The Morgan fingerprint density at radius 1 is 1.35 bits per heavy atom. The predicted octanol–water partition coefficient (Wildman–Crippen LogP) is 0.0589. The Kier molecular flexibility index (Phi) is 3.51. The summed E-state index contributed by atoms with van der Waals surface area (Å²) in [5.74, 6) is -1.31. The molecule has 3 N–H and O–H groups in total. The molecule has 0 spiro atoms. The van der Waals surface area contributed by atoms with Crippen LogP contribution in [0.25, 0.3) is 0 Å². The monoisotopic (exact) mass is 285 g/mol. The first kappa shape index (κ1) is 14.4. The number of amides is 1. The molecule has 0 aliphatic heterocycles. The molecule has 110 valence electrons.